The molecule has 1 aliphatic heterocycles. The fourth-order valence-electron chi connectivity index (χ4n) is 6.02. The van der Waals surface area contributed by atoms with Crippen LogP contribution in [0.25, 0.3) is 0 Å². The lowest BCUT2D eigenvalue weighted by atomic mass is 9.87. The number of ether oxygens (including phenoxy) is 2. The summed E-state index contributed by atoms with van der Waals surface area (Å²) in [6, 6.07) is 7.92. The first-order valence-electron chi connectivity index (χ1n) is 15.0. The van der Waals surface area contributed by atoms with E-state index in [0.717, 1.165) is 23.1 Å². The number of carbonyl (C=O) groups is 3. The molecule has 246 valence electrons. The van der Waals surface area contributed by atoms with Crippen LogP contribution in [-0.4, -0.2) is 85.7 Å². The smallest absolute Gasteiger partial charge is 0.410 e. The van der Waals surface area contributed by atoms with Crippen LogP contribution in [-0.2, 0) is 19.1 Å². The molecule has 2 aromatic rings. The number of rotatable bonds is 11. The molecule has 0 bridgehead atoms. The van der Waals surface area contributed by atoms with Crippen LogP contribution in [0.1, 0.15) is 37.3 Å². The van der Waals surface area contributed by atoms with E-state index in [9.17, 15) is 27.6 Å². The van der Waals surface area contributed by atoms with Crippen molar-refractivity contribution in [2.75, 3.05) is 38.8 Å². The van der Waals surface area contributed by atoms with E-state index in [1.807, 2.05) is 19.2 Å². The number of carbonyl (C=O) groups excluding carboxylic acids is 3. The third-order valence-electron chi connectivity index (χ3n) is 8.45. The Morgan fingerprint density at radius 2 is 1.91 bits per heavy atom. The van der Waals surface area contributed by atoms with E-state index < -0.39 is 66.7 Å². The number of likely N-dealkylation sites (N-methyl/N-ethyl adjacent to an activating group) is 1. The summed E-state index contributed by atoms with van der Waals surface area (Å²) in [5, 5.41) is 2.74. The fourth-order valence-corrected chi connectivity index (χ4v) is 6.26. The van der Waals surface area contributed by atoms with Gasteiger partial charge < -0.3 is 19.7 Å². The summed E-state index contributed by atoms with van der Waals surface area (Å²) in [5.41, 5.74) is 1.34. The lowest BCUT2D eigenvalue weighted by molar-refractivity contribution is -0.133. The molecule has 46 heavy (non-hydrogen) atoms. The molecule has 1 saturated heterocycles. The lowest BCUT2D eigenvalue weighted by Crippen LogP contribution is -2.56. The highest BCUT2D eigenvalue weighted by Gasteiger charge is 2.49. The second kappa shape index (κ2) is 14.2. The number of nitrogens with one attached hydrogen (secondary N) is 1. The molecule has 0 spiro atoms. The van der Waals surface area contributed by atoms with Crippen molar-refractivity contribution in [2.24, 2.45) is 0 Å². The second-order valence-corrected chi connectivity index (χ2v) is 12.1. The van der Waals surface area contributed by atoms with E-state index in [1.54, 1.807) is 12.1 Å². The monoisotopic (exact) mass is 660 g/mol. The van der Waals surface area contributed by atoms with Gasteiger partial charge in [-0.05, 0) is 30.3 Å². The van der Waals surface area contributed by atoms with Gasteiger partial charge in [0, 0.05) is 67.3 Å². The van der Waals surface area contributed by atoms with Crippen molar-refractivity contribution in [3.05, 3.63) is 88.9 Å². The first-order valence-corrected chi connectivity index (χ1v) is 15.4. The van der Waals surface area contributed by atoms with Crippen LogP contribution in [0, 0.1) is 5.82 Å². The first-order chi connectivity index (χ1) is 22.0. The van der Waals surface area contributed by atoms with Gasteiger partial charge in [0.15, 0.2) is 0 Å². The van der Waals surface area contributed by atoms with Gasteiger partial charge in [-0.15, -0.1) is 0 Å². The molecule has 3 atom stereocenters. The zero-order valence-electron chi connectivity index (χ0n) is 25.5. The summed E-state index contributed by atoms with van der Waals surface area (Å²) >= 11 is 6.55. The molecular formula is C33H36ClF3N4O5. The number of methoxy groups -OCH3 is 1. The van der Waals surface area contributed by atoms with Crippen LogP contribution in [0.3, 0.4) is 0 Å². The minimum atomic E-state index is -2.91. The average molecular weight is 661 g/mol. The predicted octanol–water partition coefficient (Wildman–Crippen LogP) is 5.47. The summed E-state index contributed by atoms with van der Waals surface area (Å²) in [4.78, 5) is 45.9. The fraction of sp³-hybridized carbons (Fsp3) is 0.424. The lowest BCUT2D eigenvalue weighted by Gasteiger charge is -2.39. The quantitative estimate of drug-likeness (QED) is 0.344. The Labute approximate surface area is 270 Å². The maximum Gasteiger partial charge on any atom is 0.410 e. The van der Waals surface area contributed by atoms with Gasteiger partial charge in [0.1, 0.15) is 17.9 Å². The van der Waals surface area contributed by atoms with Crippen LogP contribution in [0.15, 0.2) is 72.5 Å². The molecule has 1 N–H and O–H groups in total. The number of amides is 3. The van der Waals surface area contributed by atoms with Crippen molar-refractivity contribution in [3.8, 4) is 0 Å². The largest absolute Gasteiger partial charge is 0.453 e. The van der Waals surface area contributed by atoms with Crippen LogP contribution in [0.4, 0.5) is 23.7 Å². The van der Waals surface area contributed by atoms with Gasteiger partial charge >= 0.3 is 6.09 Å². The van der Waals surface area contributed by atoms with Crippen LogP contribution in [0.5, 0.6) is 0 Å². The van der Waals surface area contributed by atoms with Gasteiger partial charge in [0.05, 0.1) is 26.4 Å². The molecule has 2 aliphatic carbocycles. The SMILES string of the molecule is COC(=O)N1C[C@H](OCCN(C)C2=CC=CC2)C[C@H]1C(=O)N(c1cccc(F)c1)[C@H](C(=O)NC1CC(F)(F)C1)c1ccccc1Cl. The van der Waals surface area contributed by atoms with Crippen LogP contribution >= 0.6 is 11.6 Å². The third kappa shape index (κ3) is 7.50. The Bertz CT molecular complexity index is 1510. The third-order valence-corrected chi connectivity index (χ3v) is 8.79. The van der Waals surface area contributed by atoms with Crippen molar-refractivity contribution in [3.63, 3.8) is 0 Å². The minimum absolute atomic E-state index is 0.0123. The second-order valence-electron chi connectivity index (χ2n) is 11.7. The summed E-state index contributed by atoms with van der Waals surface area (Å²) in [5.74, 6) is -5.09. The zero-order chi connectivity index (χ0) is 33.0. The van der Waals surface area contributed by atoms with Gasteiger partial charge in [-0.3, -0.25) is 19.4 Å². The van der Waals surface area contributed by atoms with E-state index in [1.165, 1.54) is 42.3 Å². The first kappa shape index (κ1) is 33.3. The predicted molar refractivity (Wildman–Crippen MR) is 166 cm³/mol. The number of hydrogen-bond donors (Lipinski definition) is 1. The Hall–Kier alpha value is -4.03. The maximum atomic E-state index is 14.6. The summed E-state index contributed by atoms with van der Waals surface area (Å²) in [6.07, 6.45) is 4.52. The highest BCUT2D eigenvalue weighted by molar-refractivity contribution is 6.31. The zero-order valence-corrected chi connectivity index (χ0v) is 26.3. The average Bonchev–Trinajstić information content (AvgIpc) is 3.70. The van der Waals surface area contributed by atoms with Gasteiger partial charge in [-0.25, -0.2) is 18.0 Å². The van der Waals surface area contributed by atoms with Crippen molar-refractivity contribution >= 4 is 35.2 Å². The molecule has 5 rings (SSSR count). The Kier molecular flexibility index (Phi) is 10.3. The van der Waals surface area contributed by atoms with Gasteiger partial charge in [0.25, 0.3) is 11.8 Å². The number of alkyl halides is 2. The number of benzene rings is 2. The Morgan fingerprint density at radius 3 is 2.57 bits per heavy atom. The van der Waals surface area contributed by atoms with E-state index in [2.05, 4.69) is 16.3 Å². The van der Waals surface area contributed by atoms with E-state index >= 15 is 0 Å². The molecule has 0 radical (unpaired) electrons. The molecule has 3 aliphatic rings. The Morgan fingerprint density at radius 1 is 1.15 bits per heavy atom. The highest BCUT2D eigenvalue weighted by atomic mass is 35.5. The number of nitrogens with zero attached hydrogens (tertiary/aromatic N) is 3. The Balaban J connectivity index is 1.45. The number of halogens is 4. The number of hydrogen-bond acceptors (Lipinski definition) is 6. The summed E-state index contributed by atoms with van der Waals surface area (Å²) in [7, 11) is 3.14. The van der Waals surface area contributed by atoms with Crippen molar-refractivity contribution in [2.45, 2.75) is 55.8 Å². The van der Waals surface area contributed by atoms with Gasteiger partial charge in [-0.1, -0.05) is 48.0 Å². The molecule has 9 nitrogen and oxygen atoms in total. The van der Waals surface area contributed by atoms with Gasteiger partial charge in [-0.2, -0.15) is 0 Å². The molecule has 3 amide bonds. The van der Waals surface area contributed by atoms with Gasteiger partial charge in [0.2, 0.25) is 5.91 Å². The molecule has 0 aromatic heterocycles. The topological polar surface area (TPSA) is 91.4 Å². The number of anilines is 1. The molecule has 0 unspecified atom stereocenters. The molecule has 13 heteroatoms. The van der Waals surface area contributed by atoms with Crippen molar-refractivity contribution in [1.29, 1.82) is 0 Å². The van der Waals surface area contributed by atoms with Crippen LogP contribution in [0.2, 0.25) is 5.02 Å². The molecule has 2 fully saturated rings. The highest BCUT2D eigenvalue weighted by Crippen LogP contribution is 2.39. The number of allylic oxidation sites excluding steroid dienone is 3. The molecule has 1 heterocycles. The molecule has 1 saturated carbocycles. The normalized spacial score (nSPS) is 20.9. The maximum absolute atomic E-state index is 14.6. The standard InChI is InChI=1S/C33H36ClF3N4O5/c1-39(23-9-3-4-10-23)14-15-46-25-17-28(40(20-25)32(44)45-2)31(43)41(24-11-7-8-21(35)16-24)29(26-12-5-6-13-27(26)34)30(42)38-22-18-33(36,37)19-22/h3-9,11-13,16,22,25,28-29H,10,14-15,17-20H2,1-2H3,(H,38,42)/t25-,28+,29+/m1/s1. The van der Waals surface area contributed by atoms with E-state index in [4.69, 9.17) is 21.1 Å². The number of likely N-dealkylation sites (tertiary alicyclic amines) is 1. The van der Waals surface area contributed by atoms with Crippen molar-refractivity contribution < 1.29 is 37.0 Å². The van der Waals surface area contributed by atoms with E-state index in [0.29, 0.717) is 13.2 Å². The van der Waals surface area contributed by atoms with Crippen molar-refractivity contribution in [1.82, 2.24) is 15.1 Å². The van der Waals surface area contributed by atoms with Crippen LogP contribution < -0.4 is 10.2 Å². The summed E-state index contributed by atoms with van der Waals surface area (Å²) < 4.78 is 53.1. The molecular weight excluding hydrogens is 625 g/mol. The summed E-state index contributed by atoms with van der Waals surface area (Å²) in [6.45, 7) is 0.929. The van der Waals surface area contributed by atoms with E-state index in [-0.39, 0.29) is 29.2 Å². The minimum Gasteiger partial charge on any atom is -0.453 e. The molecule has 2 aromatic carbocycles.